The van der Waals surface area contributed by atoms with Crippen molar-refractivity contribution in [2.45, 2.75) is 26.2 Å². The average Bonchev–Trinajstić information content (AvgIpc) is 3.69. The molecule has 0 saturated heterocycles. The van der Waals surface area contributed by atoms with Crippen molar-refractivity contribution in [2.24, 2.45) is 0 Å². The Balaban J connectivity index is 1.23. The molecule has 8 aromatic rings. The standard InChI is InChI=1S/C43H35N3/c1-43(2,3)34-23-21-32(22-24-34)39-29-42(33-19-17-31(18-20-33)30-11-5-4-6-12-30)46(44-39)36-27-25-35(26-28-36)45-40-15-9-7-13-37(40)38-14-8-10-16-41(38)45/h4-29H,1-3H3. The van der Waals surface area contributed by atoms with Crippen LogP contribution in [0.3, 0.4) is 0 Å². The number of hydrogen-bond acceptors (Lipinski definition) is 1. The quantitative estimate of drug-likeness (QED) is 0.195. The van der Waals surface area contributed by atoms with Gasteiger partial charge in [0.2, 0.25) is 0 Å². The van der Waals surface area contributed by atoms with E-state index < -0.39 is 0 Å². The van der Waals surface area contributed by atoms with Crippen molar-refractivity contribution in [1.82, 2.24) is 14.3 Å². The molecule has 0 saturated carbocycles. The maximum absolute atomic E-state index is 5.20. The average molecular weight is 594 g/mol. The number of rotatable bonds is 5. The number of para-hydroxylation sites is 2. The van der Waals surface area contributed by atoms with Crippen molar-refractivity contribution in [1.29, 1.82) is 0 Å². The minimum atomic E-state index is 0.0989. The Morgan fingerprint density at radius 1 is 0.457 bits per heavy atom. The zero-order chi connectivity index (χ0) is 31.3. The number of nitrogens with zero attached hydrogens (tertiary/aromatic N) is 3. The molecule has 0 atom stereocenters. The van der Waals surface area contributed by atoms with Gasteiger partial charge in [0, 0.05) is 27.6 Å². The maximum Gasteiger partial charge on any atom is 0.0934 e. The van der Waals surface area contributed by atoms with Crippen LogP contribution in [0, 0.1) is 0 Å². The molecule has 0 aliphatic heterocycles. The predicted octanol–water partition coefficient (Wildman–Crippen LogP) is 11.3. The van der Waals surface area contributed by atoms with E-state index in [2.05, 4.69) is 188 Å². The zero-order valence-electron chi connectivity index (χ0n) is 26.4. The van der Waals surface area contributed by atoms with E-state index in [9.17, 15) is 0 Å². The van der Waals surface area contributed by atoms with E-state index >= 15 is 0 Å². The number of aromatic nitrogens is 3. The lowest BCUT2D eigenvalue weighted by molar-refractivity contribution is 0.590. The number of hydrogen-bond donors (Lipinski definition) is 0. The molecule has 0 aliphatic rings. The topological polar surface area (TPSA) is 22.8 Å². The summed E-state index contributed by atoms with van der Waals surface area (Å²) in [5.74, 6) is 0. The van der Waals surface area contributed by atoms with E-state index in [0.29, 0.717) is 0 Å². The minimum Gasteiger partial charge on any atom is -0.309 e. The van der Waals surface area contributed by atoms with Gasteiger partial charge in [0.25, 0.3) is 0 Å². The summed E-state index contributed by atoms with van der Waals surface area (Å²) in [5, 5.41) is 7.73. The summed E-state index contributed by atoms with van der Waals surface area (Å²) in [6.07, 6.45) is 0. The lowest BCUT2D eigenvalue weighted by Gasteiger charge is -2.18. The maximum atomic E-state index is 5.20. The summed E-state index contributed by atoms with van der Waals surface area (Å²) in [7, 11) is 0. The van der Waals surface area contributed by atoms with Crippen molar-refractivity contribution in [3.05, 3.63) is 163 Å². The van der Waals surface area contributed by atoms with Gasteiger partial charge in [0.1, 0.15) is 0 Å². The van der Waals surface area contributed by atoms with E-state index in [0.717, 1.165) is 33.9 Å². The van der Waals surface area contributed by atoms with Crippen LogP contribution < -0.4 is 0 Å². The molecule has 46 heavy (non-hydrogen) atoms. The van der Waals surface area contributed by atoms with Crippen LogP contribution in [0.2, 0.25) is 0 Å². The van der Waals surface area contributed by atoms with Crippen LogP contribution in [0.15, 0.2) is 158 Å². The Bertz CT molecular complexity index is 2240. The third-order valence-corrected chi connectivity index (χ3v) is 8.98. The highest BCUT2D eigenvalue weighted by Crippen LogP contribution is 2.34. The van der Waals surface area contributed by atoms with E-state index in [1.54, 1.807) is 0 Å². The van der Waals surface area contributed by atoms with Crippen molar-refractivity contribution in [3.8, 4) is 45.0 Å². The van der Waals surface area contributed by atoms with Crippen LogP contribution in [0.5, 0.6) is 0 Å². The van der Waals surface area contributed by atoms with E-state index in [1.807, 2.05) is 0 Å². The highest BCUT2D eigenvalue weighted by atomic mass is 15.3. The molecular formula is C43H35N3. The Morgan fingerprint density at radius 3 is 1.57 bits per heavy atom. The fourth-order valence-electron chi connectivity index (χ4n) is 6.47. The lowest BCUT2D eigenvalue weighted by atomic mass is 9.86. The molecular weight excluding hydrogens is 558 g/mol. The van der Waals surface area contributed by atoms with Gasteiger partial charge >= 0.3 is 0 Å². The van der Waals surface area contributed by atoms with Gasteiger partial charge in [-0.25, -0.2) is 4.68 Å². The Morgan fingerprint density at radius 2 is 0.957 bits per heavy atom. The first-order valence-electron chi connectivity index (χ1n) is 15.9. The third kappa shape index (κ3) is 4.91. The van der Waals surface area contributed by atoms with Crippen LogP contribution in [0.25, 0.3) is 66.8 Å². The molecule has 0 bridgehead atoms. The lowest BCUT2D eigenvalue weighted by Crippen LogP contribution is -2.10. The second kappa shape index (κ2) is 11.0. The van der Waals surface area contributed by atoms with Gasteiger partial charge in [-0.05, 0) is 64.6 Å². The summed E-state index contributed by atoms with van der Waals surface area (Å²) in [5.41, 5.74) is 12.6. The molecule has 2 aromatic heterocycles. The molecule has 8 rings (SSSR count). The number of fused-ring (bicyclic) bond motifs is 3. The Kier molecular flexibility index (Phi) is 6.69. The summed E-state index contributed by atoms with van der Waals surface area (Å²) in [4.78, 5) is 0. The van der Waals surface area contributed by atoms with Crippen LogP contribution in [0.4, 0.5) is 0 Å². The Labute approximate surface area is 270 Å². The molecule has 0 unspecified atom stereocenters. The summed E-state index contributed by atoms with van der Waals surface area (Å²) in [6, 6.07) is 56.4. The molecule has 0 N–H and O–H groups in total. The summed E-state index contributed by atoms with van der Waals surface area (Å²) >= 11 is 0. The monoisotopic (exact) mass is 593 g/mol. The highest BCUT2D eigenvalue weighted by Gasteiger charge is 2.17. The first-order chi connectivity index (χ1) is 22.4. The van der Waals surface area contributed by atoms with Gasteiger partial charge in [0.15, 0.2) is 0 Å². The molecule has 0 fully saturated rings. The van der Waals surface area contributed by atoms with Crippen molar-refractivity contribution < 1.29 is 0 Å². The summed E-state index contributed by atoms with van der Waals surface area (Å²) in [6.45, 7) is 6.74. The van der Waals surface area contributed by atoms with E-state index in [1.165, 1.54) is 38.5 Å². The van der Waals surface area contributed by atoms with E-state index in [-0.39, 0.29) is 5.41 Å². The van der Waals surface area contributed by atoms with Crippen molar-refractivity contribution in [2.75, 3.05) is 0 Å². The third-order valence-electron chi connectivity index (χ3n) is 8.98. The molecule has 0 radical (unpaired) electrons. The number of benzene rings is 6. The van der Waals surface area contributed by atoms with Crippen LogP contribution in [-0.2, 0) is 5.41 Å². The van der Waals surface area contributed by atoms with Crippen LogP contribution in [0.1, 0.15) is 26.3 Å². The van der Waals surface area contributed by atoms with Gasteiger partial charge in [-0.2, -0.15) is 5.10 Å². The molecule has 0 aliphatic carbocycles. The van der Waals surface area contributed by atoms with Crippen LogP contribution in [-0.4, -0.2) is 14.3 Å². The van der Waals surface area contributed by atoms with Gasteiger partial charge in [0.05, 0.1) is 28.1 Å². The zero-order valence-corrected chi connectivity index (χ0v) is 26.4. The molecule has 2 heterocycles. The van der Waals surface area contributed by atoms with Crippen molar-refractivity contribution >= 4 is 21.8 Å². The first-order valence-corrected chi connectivity index (χ1v) is 15.9. The normalized spacial score (nSPS) is 11.8. The second-order valence-electron chi connectivity index (χ2n) is 13.0. The predicted molar refractivity (Wildman–Crippen MR) is 193 cm³/mol. The molecule has 0 spiro atoms. The molecule has 222 valence electrons. The fraction of sp³-hybridized carbons (Fsp3) is 0.0930. The van der Waals surface area contributed by atoms with Gasteiger partial charge < -0.3 is 4.57 Å². The largest absolute Gasteiger partial charge is 0.309 e. The van der Waals surface area contributed by atoms with Gasteiger partial charge in [-0.1, -0.05) is 136 Å². The Hall–Kier alpha value is -5.67. The summed E-state index contributed by atoms with van der Waals surface area (Å²) < 4.78 is 4.43. The van der Waals surface area contributed by atoms with Crippen LogP contribution >= 0.6 is 0 Å². The van der Waals surface area contributed by atoms with E-state index in [4.69, 9.17) is 5.10 Å². The SMILES string of the molecule is CC(C)(C)c1ccc(-c2cc(-c3ccc(-c4ccccc4)cc3)n(-c3ccc(-n4c5ccccc5c5ccccc54)cc3)n2)cc1. The molecule has 6 aromatic carbocycles. The van der Waals surface area contributed by atoms with Gasteiger partial charge in [-0.15, -0.1) is 0 Å². The smallest absolute Gasteiger partial charge is 0.0934 e. The highest BCUT2D eigenvalue weighted by molar-refractivity contribution is 6.09. The second-order valence-corrected chi connectivity index (χ2v) is 13.0. The fourth-order valence-corrected chi connectivity index (χ4v) is 6.47. The van der Waals surface area contributed by atoms with Crippen molar-refractivity contribution in [3.63, 3.8) is 0 Å². The molecule has 3 heteroatoms. The minimum absolute atomic E-state index is 0.0989. The molecule has 3 nitrogen and oxygen atoms in total. The molecule has 0 amide bonds. The van der Waals surface area contributed by atoms with Gasteiger partial charge in [-0.3, -0.25) is 0 Å². The first kappa shape index (κ1) is 27.8.